The Labute approximate surface area is 110 Å². The Morgan fingerprint density at radius 3 is 2.22 bits per heavy atom. The highest BCUT2D eigenvalue weighted by atomic mass is 32.2. The number of hydrogen-bond donors (Lipinski definition) is 0. The first-order valence-corrected chi connectivity index (χ1v) is 8.55. The van der Waals surface area contributed by atoms with Gasteiger partial charge in [0.25, 0.3) is 0 Å². The first kappa shape index (κ1) is 13.8. The third kappa shape index (κ3) is 2.71. The zero-order valence-electron chi connectivity index (χ0n) is 11.5. The molecule has 0 N–H and O–H groups in total. The van der Waals surface area contributed by atoms with E-state index in [9.17, 15) is 13.2 Å². The number of carbonyl (C=O) groups excluding carboxylic acids is 1. The van der Waals surface area contributed by atoms with Crippen LogP contribution < -0.4 is 0 Å². The molecule has 5 heteroatoms. The molecule has 0 bridgehead atoms. The van der Waals surface area contributed by atoms with E-state index in [1.54, 1.807) is 0 Å². The van der Waals surface area contributed by atoms with Crippen molar-refractivity contribution in [1.82, 2.24) is 4.90 Å². The smallest absolute Gasteiger partial charge is 0.226 e. The largest absolute Gasteiger partial charge is 0.337 e. The van der Waals surface area contributed by atoms with Crippen LogP contribution >= 0.6 is 0 Å². The van der Waals surface area contributed by atoms with E-state index in [0.29, 0.717) is 18.8 Å². The van der Waals surface area contributed by atoms with Gasteiger partial charge < -0.3 is 4.90 Å². The molecule has 2 aliphatic heterocycles. The number of amides is 1. The van der Waals surface area contributed by atoms with Gasteiger partial charge in [-0.15, -0.1) is 0 Å². The van der Waals surface area contributed by atoms with E-state index >= 15 is 0 Å². The van der Waals surface area contributed by atoms with Gasteiger partial charge >= 0.3 is 0 Å². The molecule has 4 nitrogen and oxygen atoms in total. The third-order valence-electron chi connectivity index (χ3n) is 4.24. The molecule has 0 spiro atoms. The van der Waals surface area contributed by atoms with E-state index in [2.05, 4.69) is 20.8 Å². The van der Waals surface area contributed by atoms with Gasteiger partial charge in [0.15, 0.2) is 0 Å². The van der Waals surface area contributed by atoms with Crippen LogP contribution in [0.1, 0.15) is 40.0 Å². The molecule has 0 aromatic rings. The van der Waals surface area contributed by atoms with Crippen LogP contribution in [0.5, 0.6) is 0 Å². The Morgan fingerprint density at radius 2 is 1.78 bits per heavy atom. The average molecular weight is 273 g/mol. The minimum atomic E-state index is -2.88. The summed E-state index contributed by atoms with van der Waals surface area (Å²) in [5.74, 6) is 0.967. The fraction of sp³-hybridized carbons (Fsp3) is 0.923. The predicted octanol–water partition coefficient (Wildman–Crippen LogP) is 1.46. The maximum atomic E-state index is 12.5. The molecule has 1 atom stereocenters. The third-order valence-corrected chi connectivity index (χ3v) is 5.96. The van der Waals surface area contributed by atoms with E-state index in [4.69, 9.17) is 0 Å². The van der Waals surface area contributed by atoms with Gasteiger partial charge in [-0.2, -0.15) is 0 Å². The first-order valence-electron chi connectivity index (χ1n) is 6.73. The lowest BCUT2D eigenvalue weighted by molar-refractivity contribution is -0.139. The molecular weight excluding hydrogens is 250 g/mol. The van der Waals surface area contributed by atoms with Gasteiger partial charge in [-0.1, -0.05) is 6.92 Å². The number of sulfone groups is 1. The quantitative estimate of drug-likeness (QED) is 0.727. The number of likely N-dealkylation sites (tertiary alicyclic amines) is 1. The van der Waals surface area contributed by atoms with Crippen LogP contribution in [0.3, 0.4) is 0 Å². The second kappa shape index (κ2) is 4.51. The normalized spacial score (nSPS) is 31.5. The van der Waals surface area contributed by atoms with E-state index in [1.165, 1.54) is 0 Å². The molecular formula is C13H23NO3S. The maximum Gasteiger partial charge on any atom is 0.226 e. The monoisotopic (exact) mass is 273 g/mol. The van der Waals surface area contributed by atoms with Crippen molar-refractivity contribution in [3.63, 3.8) is 0 Å². The lowest BCUT2D eigenvalue weighted by Crippen LogP contribution is -2.47. The molecule has 1 unspecified atom stereocenters. The molecule has 2 saturated heterocycles. The van der Waals surface area contributed by atoms with Crippen LogP contribution in [0, 0.1) is 11.8 Å². The molecule has 0 aromatic heterocycles. The summed E-state index contributed by atoms with van der Waals surface area (Å²) < 4.78 is 22.8. The second-order valence-electron chi connectivity index (χ2n) is 6.50. The molecule has 0 aromatic carbocycles. The van der Waals surface area contributed by atoms with Crippen LogP contribution in [0.4, 0.5) is 0 Å². The summed E-state index contributed by atoms with van der Waals surface area (Å²) in [5.41, 5.74) is -0.0766. The Balaban J connectivity index is 2.05. The molecule has 2 fully saturated rings. The van der Waals surface area contributed by atoms with Gasteiger partial charge in [0.05, 0.1) is 11.5 Å². The van der Waals surface area contributed by atoms with Crippen molar-refractivity contribution in [2.45, 2.75) is 45.6 Å². The summed E-state index contributed by atoms with van der Waals surface area (Å²) in [6, 6.07) is 0. The molecule has 2 rings (SSSR count). The SMILES string of the molecule is CC1CN(C(=O)C2CCS(=O)(=O)CC2)C(C)(C)C1. The van der Waals surface area contributed by atoms with Crippen molar-refractivity contribution >= 4 is 15.7 Å². The highest BCUT2D eigenvalue weighted by Crippen LogP contribution is 2.35. The van der Waals surface area contributed by atoms with E-state index in [1.807, 2.05) is 4.90 Å². The lowest BCUT2D eigenvalue weighted by atomic mass is 9.95. The van der Waals surface area contributed by atoms with Gasteiger partial charge in [-0.3, -0.25) is 4.79 Å². The van der Waals surface area contributed by atoms with Crippen LogP contribution in [0.15, 0.2) is 0 Å². The van der Waals surface area contributed by atoms with Crippen LogP contribution in [0.2, 0.25) is 0 Å². The van der Waals surface area contributed by atoms with Crippen molar-refractivity contribution in [1.29, 1.82) is 0 Å². The molecule has 2 aliphatic rings. The Morgan fingerprint density at radius 1 is 1.22 bits per heavy atom. The van der Waals surface area contributed by atoms with Crippen LogP contribution in [-0.2, 0) is 14.6 Å². The molecule has 0 radical (unpaired) electrons. The van der Waals surface area contributed by atoms with Gasteiger partial charge in [-0.05, 0) is 39.0 Å². The maximum absolute atomic E-state index is 12.5. The summed E-state index contributed by atoms with van der Waals surface area (Å²) in [7, 11) is -2.88. The van der Waals surface area contributed by atoms with Crippen molar-refractivity contribution in [3.05, 3.63) is 0 Å². The minimum Gasteiger partial charge on any atom is -0.337 e. The standard InChI is InChI=1S/C13H23NO3S/c1-10-8-13(2,3)14(9-10)12(15)11-4-6-18(16,17)7-5-11/h10-11H,4-9H2,1-3H3. The highest BCUT2D eigenvalue weighted by Gasteiger charge is 2.42. The summed E-state index contributed by atoms with van der Waals surface area (Å²) >= 11 is 0. The first-order chi connectivity index (χ1) is 8.21. The molecule has 1 amide bonds. The fourth-order valence-electron chi connectivity index (χ4n) is 3.33. The van der Waals surface area contributed by atoms with Gasteiger partial charge in [0.2, 0.25) is 5.91 Å². The predicted molar refractivity (Wildman–Crippen MR) is 71.0 cm³/mol. The summed E-state index contributed by atoms with van der Waals surface area (Å²) in [4.78, 5) is 14.5. The Kier molecular flexibility index (Phi) is 3.47. The number of hydrogen-bond acceptors (Lipinski definition) is 3. The zero-order chi connectivity index (χ0) is 13.6. The molecule has 0 aliphatic carbocycles. The second-order valence-corrected chi connectivity index (χ2v) is 8.80. The topological polar surface area (TPSA) is 54.5 Å². The van der Waals surface area contributed by atoms with Crippen LogP contribution in [-0.4, -0.2) is 42.8 Å². The molecule has 2 heterocycles. The summed E-state index contributed by atoms with van der Waals surface area (Å²) in [6.45, 7) is 7.19. The van der Waals surface area contributed by atoms with E-state index in [0.717, 1.165) is 13.0 Å². The van der Waals surface area contributed by atoms with Crippen molar-refractivity contribution in [2.75, 3.05) is 18.1 Å². The van der Waals surface area contributed by atoms with Gasteiger partial charge in [0, 0.05) is 18.0 Å². The van der Waals surface area contributed by atoms with Crippen molar-refractivity contribution in [3.8, 4) is 0 Å². The number of rotatable bonds is 1. The molecule has 0 saturated carbocycles. The summed E-state index contributed by atoms with van der Waals surface area (Å²) in [6.07, 6.45) is 2.04. The van der Waals surface area contributed by atoms with Gasteiger partial charge in [-0.25, -0.2) is 8.42 Å². The van der Waals surface area contributed by atoms with E-state index < -0.39 is 9.84 Å². The Bertz CT molecular complexity index is 427. The average Bonchev–Trinajstić information content (AvgIpc) is 2.51. The lowest BCUT2D eigenvalue weighted by Gasteiger charge is -2.35. The van der Waals surface area contributed by atoms with Crippen molar-refractivity contribution in [2.24, 2.45) is 11.8 Å². The van der Waals surface area contributed by atoms with Crippen molar-refractivity contribution < 1.29 is 13.2 Å². The number of nitrogens with zero attached hydrogens (tertiary/aromatic N) is 1. The Hall–Kier alpha value is -0.580. The zero-order valence-corrected chi connectivity index (χ0v) is 12.3. The minimum absolute atomic E-state index is 0.0766. The highest BCUT2D eigenvalue weighted by molar-refractivity contribution is 7.91. The molecule has 18 heavy (non-hydrogen) atoms. The fourth-order valence-corrected chi connectivity index (χ4v) is 4.82. The van der Waals surface area contributed by atoms with E-state index in [-0.39, 0.29) is 28.9 Å². The summed E-state index contributed by atoms with van der Waals surface area (Å²) in [5, 5.41) is 0. The van der Waals surface area contributed by atoms with Crippen LogP contribution in [0.25, 0.3) is 0 Å². The van der Waals surface area contributed by atoms with Gasteiger partial charge in [0.1, 0.15) is 9.84 Å². The number of carbonyl (C=O) groups is 1. The molecule has 104 valence electrons.